The van der Waals surface area contributed by atoms with Gasteiger partial charge in [0.1, 0.15) is 11.6 Å². The molecule has 0 fully saturated rings. The molecule has 0 radical (unpaired) electrons. The maximum absolute atomic E-state index is 13.1. The van der Waals surface area contributed by atoms with E-state index < -0.39 is 0 Å². The normalized spacial score (nSPS) is 13.3. The summed E-state index contributed by atoms with van der Waals surface area (Å²) in [7, 11) is 0. The van der Waals surface area contributed by atoms with Crippen LogP contribution in [0.2, 0.25) is 0 Å². The van der Waals surface area contributed by atoms with Crippen molar-refractivity contribution in [1.82, 2.24) is 4.98 Å². The van der Waals surface area contributed by atoms with E-state index >= 15 is 0 Å². The number of rotatable bonds is 0. The molecule has 2 aromatic rings. The van der Waals surface area contributed by atoms with Crippen LogP contribution in [0.1, 0.15) is 11.3 Å². The summed E-state index contributed by atoms with van der Waals surface area (Å²) in [5.41, 5.74) is 1.96. The van der Waals surface area contributed by atoms with E-state index in [1.54, 1.807) is 0 Å². The Hall–Kier alpha value is -1.90. The maximum Gasteiger partial charge on any atom is 0.151 e. The smallest absolute Gasteiger partial charge is 0.151 e. The zero-order chi connectivity index (χ0) is 11.0. The van der Waals surface area contributed by atoms with Crippen LogP contribution >= 0.6 is 0 Å². The lowest BCUT2D eigenvalue weighted by atomic mass is 10.1. The predicted molar refractivity (Wildman–Crippen MR) is 58.1 cm³/mol. The third-order valence-electron chi connectivity index (χ3n) is 2.72. The second kappa shape index (κ2) is 3.59. The zero-order valence-corrected chi connectivity index (χ0v) is 8.61. The van der Waals surface area contributed by atoms with Gasteiger partial charge in [0, 0.05) is 6.07 Å². The van der Waals surface area contributed by atoms with Gasteiger partial charge in [-0.3, -0.25) is 4.98 Å². The molecule has 0 bridgehead atoms. The monoisotopic (exact) mass is 215 g/mol. The van der Waals surface area contributed by atoms with Gasteiger partial charge >= 0.3 is 0 Å². The van der Waals surface area contributed by atoms with E-state index in [2.05, 4.69) is 4.98 Å². The van der Waals surface area contributed by atoms with Gasteiger partial charge in [-0.05, 0) is 24.5 Å². The second-order valence-electron chi connectivity index (χ2n) is 3.81. The summed E-state index contributed by atoms with van der Waals surface area (Å²) in [6.45, 7) is 0. The molecule has 0 amide bonds. The predicted octanol–water partition coefficient (Wildman–Crippen LogP) is 3.11. The molecule has 0 unspecified atom stereocenters. The summed E-state index contributed by atoms with van der Waals surface area (Å²) in [6, 6.07) is 9.21. The van der Waals surface area contributed by atoms with Crippen molar-refractivity contribution in [2.45, 2.75) is 12.8 Å². The minimum atomic E-state index is -0.363. The summed E-state index contributed by atoms with van der Waals surface area (Å²) in [5, 5.41) is 0. The Labute approximate surface area is 92.7 Å². The number of para-hydroxylation sites is 1. The topological polar surface area (TPSA) is 22.1 Å². The van der Waals surface area contributed by atoms with Crippen LogP contribution in [-0.4, -0.2) is 4.98 Å². The molecule has 2 nitrogen and oxygen atoms in total. The Bertz CT molecular complexity index is 539. The van der Waals surface area contributed by atoms with Crippen molar-refractivity contribution in [1.29, 1.82) is 0 Å². The maximum atomic E-state index is 13.1. The third kappa shape index (κ3) is 1.54. The Morgan fingerprint density at radius 2 is 2.00 bits per heavy atom. The molecule has 2 heterocycles. The van der Waals surface area contributed by atoms with E-state index in [1.165, 1.54) is 12.3 Å². The number of benzene rings is 1. The highest BCUT2D eigenvalue weighted by atomic mass is 19.1. The van der Waals surface area contributed by atoms with Gasteiger partial charge in [-0.25, -0.2) is 4.39 Å². The van der Waals surface area contributed by atoms with E-state index in [0.29, 0.717) is 5.75 Å². The van der Waals surface area contributed by atoms with Crippen molar-refractivity contribution < 1.29 is 9.13 Å². The van der Waals surface area contributed by atoms with Crippen molar-refractivity contribution in [3.05, 3.63) is 53.6 Å². The SMILES string of the molecule is Fc1cnc2c(c1)Oc1ccccc1CC2. The fourth-order valence-corrected chi connectivity index (χ4v) is 1.91. The van der Waals surface area contributed by atoms with Crippen LogP contribution in [-0.2, 0) is 12.8 Å². The number of hydrogen-bond acceptors (Lipinski definition) is 2. The summed E-state index contributed by atoms with van der Waals surface area (Å²) >= 11 is 0. The van der Waals surface area contributed by atoms with Crippen LogP contribution < -0.4 is 4.74 Å². The number of aryl methyl sites for hydroxylation is 2. The van der Waals surface area contributed by atoms with Crippen molar-refractivity contribution in [2.75, 3.05) is 0 Å². The number of fused-ring (bicyclic) bond motifs is 2. The summed E-state index contributed by atoms with van der Waals surface area (Å²) in [6.07, 6.45) is 2.90. The first-order valence-corrected chi connectivity index (χ1v) is 5.23. The number of halogens is 1. The van der Waals surface area contributed by atoms with E-state index in [-0.39, 0.29) is 5.82 Å². The molecule has 1 aromatic carbocycles. The first-order valence-electron chi connectivity index (χ1n) is 5.23. The Kier molecular flexibility index (Phi) is 2.10. The molecule has 1 aliphatic heterocycles. The molecule has 0 N–H and O–H groups in total. The summed E-state index contributed by atoms with van der Waals surface area (Å²) < 4.78 is 18.7. The molecule has 0 aliphatic carbocycles. The van der Waals surface area contributed by atoms with Gasteiger partial charge in [0.05, 0.1) is 11.9 Å². The van der Waals surface area contributed by atoms with Gasteiger partial charge < -0.3 is 4.74 Å². The molecular weight excluding hydrogens is 205 g/mol. The summed E-state index contributed by atoms with van der Waals surface area (Å²) in [5.74, 6) is 0.969. The highest BCUT2D eigenvalue weighted by molar-refractivity contribution is 5.42. The van der Waals surface area contributed by atoms with Gasteiger partial charge in [-0.1, -0.05) is 18.2 Å². The Morgan fingerprint density at radius 1 is 1.12 bits per heavy atom. The first-order chi connectivity index (χ1) is 7.83. The molecular formula is C13H10FNO. The minimum absolute atomic E-state index is 0.363. The van der Waals surface area contributed by atoms with Crippen molar-refractivity contribution in [3.63, 3.8) is 0 Å². The lowest BCUT2D eigenvalue weighted by molar-refractivity contribution is 0.469. The molecule has 0 saturated carbocycles. The average molecular weight is 215 g/mol. The van der Waals surface area contributed by atoms with E-state index in [9.17, 15) is 4.39 Å². The molecule has 1 aromatic heterocycles. The number of nitrogens with zero attached hydrogens (tertiary/aromatic N) is 1. The molecule has 80 valence electrons. The lowest BCUT2D eigenvalue weighted by Crippen LogP contribution is -1.93. The number of pyridine rings is 1. The Balaban J connectivity index is 2.10. The summed E-state index contributed by atoms with van der Waals surface area (Å²) in [4.78, 5) is 4.06. The van der Waals surface area contributed by atoms with Crippen molar-refractivity contribution in [2.24, 2.45) is 0 Å². The fourth-order valence-electron chi connectivity index (χ4n) is 1.91. The third-order valence-corrected chi connectivity index (χ3v) is 2.72. The van der Waals surface area contributed by atoms with E-state index in [0.717, 1.165) is 29.8 Å². The second-order valence-corrected chi connectivity index (χ2v) is 3.81. The molecule has 0 saturated heterocycles. The molecule has 3 heteroatoms. The Morgan fingerprint density at radius 3 is 2.94 bits per heavy atom. The van der Waals surface area contributed by atoms with Gasteiger partial charge in [0.2, 0.25) is 0 Å². The van der Waals surface area contributed by atoms with Gasteiger partial charge in [-0.15, -0.1) is 0 Å². The molecule has 16 heavy (non-hydrogen) atoms. The number of aromatic nitrogens is 1. The van der Waals surface area contributed by atoms with Gasteiger partial charge in [-0.2, -0.15) is 0 Å². The van der Waals surface area contributed by atoms with Crippen LogP contribution in [0.4, 0.5) is 4.39 Å². The molecule has 0 spiro atoms. The fraction of sp³-hybridized carbons (Fsp3) is 0.154. The van der Waals surface area contributed by atoms with Crippen LogP contribution in [0.15, 0.2) is 36.5 Å². The lowest BCUT2D eigenvalue weighted by Gasteiger charge is -2.07. The van der Waals surface area contributed by atoms with Crippen molar-refractivity contribution >= 4 is 0 Å². The quantitative estimate of drug-likeness (QED) is 0.673. The number of ether oxygens (including phenoxy) is 1. The van der Waals surface area contributed by atoms with Crippen LogP contribution in [0.3, 0.4) is 0 Å². The standard InChI is InChI=1S/C13H10FNO/c14-10-7-13-11(15-8-10)6-5-9-3-1-2-4-12(9)16-13/h1-4,7-8H,5-6H2. The highest BCUT2D eigenvalue weighted by Gasteiger charge is 2.15. The van der Waals surface area contributed by atoms with Gasteiger partial charge in [0.15, 0.2) is 5.75 Å². The van der Waals surface area contributed by atoms with E-state index in [4.69, 9.17) is 4.74 Å². The molecule has 0 atom stereocenters. The van der Waals surface area contributed by atoms with Crippen molar-refractivity contribution in [3.8, 4) is 11.5 Å². The van der Waals surface area contributed by atoms with Gasteiger partial charge in [0.25, 0.3) is 0 Å². The minimum Gasteiger partial charge on any atom is -0.455 e. The van der Waals surface area contributed by atoms with E-state index in [1.807, 2.05) is 24.3 Å². The molecule has 3 rings (SSSR count). The average Bonchev–Trinajstić information content (AvgIpc) is 2.47. The zero-order valence-electron chi connectivity index (χ0n) is 8.61. The molecule has 1 aliphatic rings. The van der Waals surface area contributed by atoms with Crippen LogP contribution in [0.5, 0.6) is 11.5 Å². The number of hydrogen-bond donors (Lipinski definition) is 0. The largest absolute Gasteiger partial charge is 0.455 e. The highest BCUT2D eigenvalue weighted by Crippen LogP contribution is 2.32. The van der Waals surface area contributed by atoms with Crippen LogP contribution in [0.25, 0.3) is 0 Å². The van der Waals surface area contributed by atoms with Crippen LogP contribution in [0, 0.1) is 5.82 Å². The first kappa shape index (κ1) is 9.33.